The van der Waals surface area contributed by atoms with E-state index >= 15 is 0 Å². The van der Waals surface area contributed by atoms with Crippen molar-refractivity contribution in [1.82, 2.24) is 0 Å². The molecule has 3 N–H and O–H groups in total. The predicted octanol–water partition coefficient (Wildman–Crippen LogP) is 4.87. The first-order chi connectivity index (χ1) is 9.11. The van der Waals surface area contributed by atoms with Gasteiger partial charge in [-0.2, -0.15) is 0 Å². The zero-order valence-electron chi connectivity index (χ0n) is 10.0. The van der Waals surface area contributed by atoms with Gasteiger partial charge in [0.1, 0.15) is 0 Å². The van der Waals surface area contributed by atoms with Gasteiger partial charge in [0.15, 0.2) is 0 Å². The Morgan fingerprint density at radius 3 is 2.53 bits per heavy atom. The molecule has 2 rings (SSSR count). The highest BCUT2D eigenvalue weighted by Gasteiger charge is 2.14. The Labute approximate surface area is 131 Å². The van der Waals surface area contributed by atoms with Gasteiger partial charge < -0.3 is 11.1 Å². The van der Waals surface area contributed by atoms with E-state index in [-0.39, 0.29) is 6.04 Å². The molecule has 100 valence electrons. The second kappa shape index (κ2) is 6.62. The molecule has 1 unspecified atom stereocenters. The Bertz CT molecular complexity index is 575. The van der Waals surface area contributed by atoms with Crippen molar-refractivity contribution < 1.29 is 0 Å². The zero-order chi connectivity index (χ0) is 13.8. The lowest BCUT2D eigenvalue weighted by atomic mass is 10.1. The Morgan fingerprint density at radius 1 is 1.11 bits per heavy atom. The van der Waals surface area contributed by atoms with Crippen molar-refractivity contribution in [3.8, 4) is 0 Å². The molecule has 0 aromatic heterocycles. The topological polar surface area (TPSA) is 38.0 Å². The molecule has 0 bridgehead atoms. The smallest absolute Gasteiger partial charge is 0.0651 e. The van der Waals surface area contributed by atoms with Gasteiger partial charge in [0.2, 0.25) is 0 Å². The number of rotatable bonds is 4. The van der Waals surface area contributed by atoms with Gasteiger partial charge in [-0.3, -0.25) is 0 Å². The van der Waals surface area contributed by atoms with Crippen molar-refractivity contribution >= 4 is 44.8 Å². The molecule has 0 aliphatic rings. The standard InChI is InChI=1S/C14H13BrCl2N2/c15-9-5-6-11(16)10(7-9)14(8-18)19-13-4-2-1-3-12(13)17/h1-7,14,19H,8,18H2. The van der Waals surface area contributed by atoms with Crippen LogP contribution >= 0.6 is 39.1 Å². The van der Waals surface area contributed by atoms with E-state index < -0.39 is 0 Å². The summed E-state index contributed by atoms with van der Waals surface area (Å²) in [4.78, 5) is 0. The summed E-state index contributed by atoms with van der Waals surface area (Å²) in [6, 6.07) is 13.2. The van der Waals surface area contributed by atoms with E-state index in [0.717, 1.165) is 15.7 Å². The molecule has 0 saturated heterocycles. The van der Waals surface area contributed by atoms with E-state index in [0.29, 0.717) is 16.6 Å². The Hall–Kier alpha value is -0.740. The number of para-hydroxylation sites is 1. The Kier molecular flexibility index (Phi) is 5.11. The summed E-state index contributed by atoms with van der Waals surface area (Å²) < 4.78 is 0.964. The highest BCUT2D eigenvalue weighted by atomic mass is 79.9. The maximum Gasteiger partial charge on any atom is 0.0651 e. The summed E-state index contributed by atoms with van der Waals surface area (Å²) in [5.41, 5.74) is 7.63. The molecule has 0 radical (unpaired) electrons. The van der Waals surface area contributed by atoms with Gasteiger partial charge in [-0.1, -0.05) is 51.3 Å². The average molecular weight is 360 g/mol. The molecular formula is C14H13BrCl2N2. The van der Waals surface area contributed by atoms with Gasteiger partial charge in [-0.05, 0) is 35.9 Å². The van der Waals surface area contributed by atoms with E-state index in [2.05, 4.69) is 21.2 Å². The van der Waals surface area contributed by atoms with Crippen LogP contribution in [0.4, 0.5) is 5.69 Å². The van der Waals surface area contributed by atoms with Crippen LogP contribution in [0.25, 0.3) is 0 Å². The first-order valence-corrected chi connectivity index (χ1v) is 7.33. The summed E-state index contributed by atoms with van der Waals surface area (Å²) in [6.07, 6.45) is 0. The minimum atomic E-state index is -0.0927. The van der Waals surface area contributed by atoms with Crippen LogP contribution in [0, 0.1) is 0 Å². The molecule has 2 aromatic rings. The second-order valence-electron chi connectivity index (χ2n) is 4.08. The number of halogens is 3. The van der Waals surface area contributed by atoms with Gasteiger partial charge in [-0.25, -0.2) is 0 Å². The largest absolute Gasteiger partial charge is 0.376 e. The van der Waals surface area contributed by atoms with Gasteiger partial charge in [-0.15, -0.1) is 0 Å². The van der Waals surface area contributed by atoms with E-state index in [1.54, 1.807) is 0 Å². The van der Waals surface area contributed by atoms with Crippen molar-refractivity contribution in [3.63, 3.8) is 0 Å². The zero-order valence-corrected chi connectivity index (χ0v) is 13.1. The number of anilines is 1. The van der Waals surface area contributed by atoms with Crippen LogP contribution < -0.4 is 11.1 Å². The molecule has 2 aromatic carbocycles. The van der Waals surface area contributed by atoms with Crippen molar-refractivity contribution in [2.45, 2.75) is 6.04 Å². The summed E-state index contributed by atoms with van der Waals surface area (Å²) >= 11 is 15.8. The number of hydrogen-bond acceptors (Lipinski definition) is 2. The van der Waals surface area contributed by atoms with Crippen molar-refractivity contribution in [1.29, 1.82) is 0 Å². The van der Waals surface area contributed by atoms with Gasteiger partial charge in [0.05, 0.1) is 16.8 Å². The van der Waals surface area contributed by atoms with Crippen LogP contribution in [0.15, 0.2) is 46.9 Å². The van der Waals surface area contributed by atoms with E-state index in [4.69, 9.17) is 28.9 Å². The summed E-state index contributed by atoms with van der Waals surface area (Å²) in [5.74, 6) is 0. The van der Waals surface area contributed by atoms with Crippen LogP contribution in [0.2, 0.25) is 10.0 Å². The van der Waals surface area contributed by atoms with Crippen LogP contribution in [0.1, 0.15) is 11.6 Å². The third kappa shape index (κ3) is 3.63. The molecule has 0 saturated carbocycles. The lowest BCUT2D eigenvalue weighted by Gasteiger charge is -2.20. The average Bonchev–Trinajstić information content (AvgIpc) is 2.41. The minimum absolute atomic E-state index is 0.0927. The predicted molar refractivity (Wildman–Crippen MR) is 86.0 cm³/mol. The highest BCUT2D eigenvalue weighted by molar-refractivity contribution is 9.10. The lowest BCUT2D eigenvalue weighted by Crippen LogP contribution is -2.21. The molecule has 5 heteroatoms. The molecule has 0 aliphatic carbocycles. The third-order valence-electron chi connectivity index (χ3n) is 2.77. The Balaban J connectivity index is 2.30. The molecule has 0 heterocycles. The lowest BCUT2D eigenvalue weighted by molar-refractivity contribution is 0.790. The molecule has 0 spiro atoms. The molecule has 0 amide bonds. The molecule has 1 atom stereocenters. The highest BCUT2D eigenvalue weighted by Crippen LogP contribution is 2.30. The monoisotopic (exact) mass is 358 g/mol. The first-order valence-electron chi connectivity index (χ1n) is 5.78. The third-order valence-corrected chi connectivity index (χ3v) is 3.94. The number of benzene rings is 2. The van der Waals surface area contributed by atoms with Crippen LogP contribution in [0.3, 0.4) is 0 Å². The summed E-state index contributed by atoms with van der Waals surface area (Å²) in [5, 5.41) is 4.66. The molecule has 0 aliphatic heterocycles. The second-order valence-corrected chi connectivity index (χ2v) is 5.81. The van der Waals surface area contributed by atoms with E-state index in [1.165, 1.54) is 0 Å². The van der Waals surface area contributed by atoms with Crippen LogP contribution in [-0.4, -0.2) is 6.54 Å². The molecule has 0 fully saturated rings. The molecular weight excluding hydrogens is 347 g/mol. The molecule has 19 heavy (non-hydrogen) atoms. The SMILES string of the molecule is NCC(Nc1ccccc1Cl)c1cc(Br)ccc1Cl. The van der Waals surface area contributed by atoms with Gasteiger partial charge in [0.25, 0.3) is 0 Å². The Morgan fingerprint density at radius 2 is 1.84 bits per heavy atom. The summed E-state index contributed by atoms with van der Waals surface area (Å²) in [7, 11) is 0. The van der Waals surface area contributed by atoms with Gasteiger partial charge in [0, 0.05) is 16.0 Å². The van der Waals surface area contributed by atoms with Crippen LogP contribution in [0.5, 0.6) is 0 Å². The van der Waals surface area contributed by atoms with E-state index in [1.807, 2.05) is 42.5 Å². The number of nitrogens with two attached hydrogens (primary N) is 1. The summed E-state index contributed by atoms with van der Waals surface area (Å²) in [6.45, 7) is 0.418. The normalized spacial score (nSPS) is 12.2. The fourth-order valence-electron chi connectivity index (χ4n) is 1.81. The maximum atomic E-state index is 6.23. The quantitative estimate of drug-likeness (QED) is 0.817. The fraction of sp³-hybridized carbons (Fsp3) is 0.143. The number of hydrogen-bond donors (Lipinski definition) is 2. The van der Waals surface area contributed by atoms with Crippen molar-refractivity contribution in [2.24, 2.45) is 5.73 Å². The first kappa shape index (κ1) is 14.7. The van der Waals surface area contributed by atoms with Gasteiger partial charge >= 0.3 is 0 Å². The van der Waals surface area contributed by atoms with Crippen LogP contribution in [-0.2, 0) is 0 Å². The maximum absolute atomic E-state index is 6.23. The minimum Gasteiger partial charge on any atom is -0.376 e. The fourth-order valence-corrected chi connectivity index (χ4v) is 2.63. The van der Waals surface area contributed by atoms with Crippen molar-refractivity contribution in [3.05, 3.63) is 62.5 Å². The number of nitrogens with one attached hydrogen (secondary N) is 1. The molecule has 2 nitrogen and oxygen atoms in total. The van der Waals surface area contributed by atoms with E-state index in [9.17, 15) is 0 Å². The van der Waals surface area contributed by atoms with Crippen molar-refractivity contribution in [2.75, 3.05) is 11.9 Å².